The Balaban J connectivity index is 2.23. The maximum absolute atomic E-state index is 11.7. The first-order chi connectivity index (χ1) is 5.18. The molecular weight excluding hydrogens is 152 g/mol. The van der Waals surface area contributed by atoms with Gasteiger partial charge in [-0.25, -0.2) is 0 Å². The Kier molecular flexibility index (Phi) is 3.20. The Hall–Kier alpha value is -0.220. The molecule has 0 radical (unpaired) electrons. The fourth-order valence-corrected chi connectivity index (χ4v) is 1.38. The minimum atomic E-state index is -2.62. The van der Waals surface area contributed by atoms with E-state index in [1.54, 1.807) is 0 Å². The zero-order valence-electron chi connectivity index (χ0n) is 6.59. The van der Waals surface area contributed by atoms with Crippen LogP contribution in [-0.4, -0.2) is 37.8 Å². The predicted octanol–water partition coefficient (Wildman–Crippen LogP) is 1.32. The summed E-state index contributed by atoms with van der Waals surface area (Å²) in [5, 5.41) is 0. The van der Waals surface area contributed by atoms with Crippen LogP contribution in [0.1, 0.15) is 12.8 Å². The van der Waals surface area contributed by atoms with Gasteiger partial charge in [0, 0.05) is 6.54 Å². The second-order valence-electron chi connectivity index (χ2n) is 2.92. The zero-order valence-corrected chi connectivity index (χ0v) is 6.59. The highest BCUT2D eigenvalue weighted by Crippen LogP contribution is 2.13. The highest BCUT2D eigenvalue weighted by Gasteiger charge is 2.20. The average Bonchev–Trinajstić information content (AvgIpc) is 1.85. The summed E-state index contributed by atoms with van der Waals surface area (Å²) in [6, 6.07) is 0. The van der Waals surface area contributed by atoms with Crippen molar-refractivity contribution in [3.8, 4) is 0 Å². The molecule has 1 atom stereocenters. The van der Waals surface area contributed by atoms with Gasteiger partial charge in [-0.3, -0.25) is 0 Å². The van der Waals surface area contributed by atoms with E-state index < -0.39 is 6.61 Å². The van der Waals surface area contributed by atoms with Gasteiger partial charge in [0.1, 0.15) is 0 Å². The molecule has 1 fully saturated rings. The van der Waals surface area contributed by atoms with Crippen molar-refractivity contribution in [2.45, 2.75) is 25.6 Å². The summed E-state index contributed by atoms with van der Waals surface area (Å²) in [5.74, 6) is 0. The first-order valence-electron chi connectivity index (χ1n) is 3.80. The molecule has 0 amide bonds. The van der Waals surface area contributed by atoms with Crippen molar-refractivity contribution in [1.82, 2.24) is 4.90 Å². The molecule has 0 aromatic heterocycles. The topological polar surface area (TPSA) is 12.5 Å². The second kappa shape index (κ2) is 3.97. The van der Waals surface area contributed by atoms with Crippen molar-refractivity contribution in [2.24, 2.45) is 0 Å². The van der Waals surface area contributed by atoms with Crippen LogP contribution in [0.2, 0.25) is 0 Å². The highest BCUT2D eigenvalue weighted by molar-refractivity contribution is 4.69. The summed E-state index contributed by atoms with van der Waals surface area (Å²) in [6.45, 7) is -1.00. The largest absolute Gasteiger partial charge is 0.345 e. The molecule has 0 spiro atoms. The Morgan fingerprint density at radius 1 is 1.55 bits per heavy atom. The first kappa shape index (κ1) is 8.87. The van der Waals surface area contributed by atoms with E-state index >= 15 is 0 Å². The first-order valence-corrected chi connectivity index (χ1v) is 3.80. The number of piperidine rings is 1. The molecule has 0 bridgehead atoms. The molecule has 0 aromatic carbocycles. The summed E-state index contributed by atoms with van der Waals surface area (Å²) in [4.78, 5) is 2.01. The second-order valence-corrected chi connectivity index (χ2v) is 2.92. The molecule has 4 heteroatoms. The summed E-state index contributed by atoms with van der Waals surface area (Å²) < 4.78 is 27.8. The minimum Gasteiger partial charge on any atom is -0.318 e. The Morgan fingerprint density at radius 3 is 2.82 bits per heavy atom. The molecule has 66 valence electrons. The fourth-order valence-electron chi connectivity index (χ4n) is 1.38. The molecule has 1 aliphatic heterocycles. The summed E-state index contributed by atoms with van der Waals surface area (Å²) >= 11 is 0. The third kappa shape index (κ3) is 3.12. The number of rotatable bonds is 2. The zero-order chi connectivity index (χ0) is 8.27. The Bertz CT molecular complexity index is 119. The number of alkyl halides is 2. The van der Waals surface area contributed by atoms with Crippen LogP contribution in [0, 0.1) is 0 Å². The molecule has 0 N–H and O–H groups in total. The Labute approximate surface area is 65.1 Å². The molecule has 0 aliphatic carbocycles. The lowest BCUT2D eigenvalue weighted by Crippen LogP contribution is -2.37. The van der Waals surface area contributed by atoms with E-state index in [9.17, 15) is 8.78 Å². The maximum Gasteiger partial charge on any atom is 0.345 e. The van der Waals surface area contributed by atoms with Crippen LogP contribution in [0.25, 0.3) is 0 Å². The van der Waals surface area contributed by atoms with Gasteiger partial charge in [-0.15, -0.1) is 0 Å². The summed E-state index contributed by atoms with van der Waals surface area (Å²) in [6.07, 6.45) is 1.44. The van der Waals surface area contributed by atoms with Gasteiger partial charge >= 0.3 is 6.61 Å². The van der Waals surface area contributed by atoms with E-state index in [0.717, 1.165) is 19.4 Å². The van der Waals surface area contributed by atoms with Crippen molar-refractivity contribution >= 4 is 0 Å². The van der Waals surface area contributed by atoms with Crippen LogP contribution >= 0.6 is 0 Å². The Morgan fingerprint density at radius 2 is 2.27 bits per heavy atom. The van der Waals surface area contributed by atoms with E-state index in [1.165, 1.54) is 0 Å². The van der Waals surface area contributed by atoms with E-state index in [1.807, 2.05) is 11.9 Å². The molecular formula is C7H13F2NO. The monoisotopic (exact) mass is 165 g/mol. The lowest BCUT2D eigenvalue weighted by Gasteiger charge is -2.29. The van der Waals surface area contributed by atoms with Crippen LogP contribution in [0.3, 0.4) is 0 Å². The molecule has 0 aromatic rings. The molecule has 1 unspecified atom stereocenters. The molecule has 11 heavy (non-hydrogen) atoms. The average molecular weight is 165 g/mol. The smallest absolute Gasteiger partial charge is 0.318 e. The number of hydrogen-bond donors (Lipinski definition) is 0. The standard InChI is InChI=1S/C7H13F2NO/c1-10-4-2-3-6(5-10)11-7(8)9/h6-7H,2-5H2,1H3. The van der Waals surface area contributed by atoms with Crippen LogP contribution in [0.15, 0.2) is 0 Å². The van der Waals surface area contributed by atoms with Gasteiger partial charge in [0.2, 0.25) is 0 Å². The third-order valence-corrected chi connectivity index (χ3v) is 1.88. The van der Waals surface area contributed by atoms with Gasteiger partial charge < -0.3 is 9.64 Å². The highest BCUT2D eigenvalue weighted by atomic mass is 19.3. The number of likely N-dealkylation sites (N-methyl/N-ethyl adjacent to an activating group) is 1. The van der Waals surface area contributed by atoms with Gasteiger partial charge in [-0.1, -0.05) is 0 Å². The molecule has 1 rings (SSSR count). The quantitative estimate of drug-likeness (QED) is 0.612. The van der Waals surface area contributed by atoms with Gasteiger partial charge in [0.15, 0.2) is 0 Å². The van der Waals surface area contributed by atoms with E-state index in [4.69, 9.17) is 0 Å². The molecule has 2 nitrogen and oxygen atoms in total. The van der Waals surface area contributed by atoms with Gasteiger partial charge in [-0.2, -0.15) is 8.78 Å². The maximum atomic E-state index is 11.7. The normalized spacial score (nSPS) is 27.8. The number of halogens is 2. The number of nitrogens with zero attached hydrogens (tertiary/aromatic N) is 1. The number of hydrogen-bond acceptors (Lipinski definition) is 2. The molecule has 1 saturated heterocycles. The van der Waals surface area contributed by atoms with Gasteiger partial charge in [0.05, 0.1) is 6.10 Å². The minimum absolute atomic E-state index is 0.270. The number of likely N-dealkylation sites (tertiary alicyclic amines) is 1. The van der Waals surface area contributed by atoms with Crippen molar-refractivity contribution < 1.29 is 13.5 Å². The fraction of sp³-hybridized carbons (Fsp3) is 1.00. The van der Waals surface area contributed by atoms with E-state index in [-0.39, 0.29) is 6.10 Å². The lowest BCUT2D eigenvalue weighted by atomic mass is 10.1. The van der Waals surface area contributed by atoms with E-state index in [2.05, 4.69) is 4.74 Å². The predicted molar refractivity (Wildman–Crippen MR) is 37.6 cm³/mol. The SMILES string of the molecule is CN1CCCC(OC(F)F)C1. The van der Waals surface area contributed by atoms with Gasteiger partial charge in [0.25, 0.3) is 0 Å². The van der Waals surface area contributed by atoms with Crippen LogP contribution in [0.5, 0.6) is 0 Å². The van der Waals surface area contributed by atoms with Crippen molar-refractivity contribution in [2.75, 3.05) is 20.1 Å². The molecule has 1 heterocycles. The van der Waals surface area contributed by atoms with E-state index in [0.29, 0.717) is 6.54 Å². The third-order valence-electron chi connectivity index (χ3n) is 1.88. The molecule has 1 aliphatic rings. The van der Waals surface area contributed by atoms with Crippen LogP contribution < -0.4 is 0 Å². The molecule has 0 saturated carbocycles. The summed E-state index contributed by atoms with van der Waals surface area (Å²) in [5.41, 5.74) is 0. The van der Waals surface area contributed by atoms with Crippen molar-refractivity contribution in [3.63, 3.8) is 0 Å². The van der Waals surface area contributed by atoms with Crippen molar-refractivity contribution in [3.05, 3.63) is 0 Å². The summed E-state index contributed by atoms with van der Waals surface area (Å²) in [7, 11) is 1.92. The lowest BCUT2D eigenvalue weighted by molar-refractivity contribution is -0.173. The van der Waals surface area contributed by atoms with Crippen molar-refractivity contribution in [1.29, 1.82) is 0 Å². The van der Waals surface area contributed by atoms with Gasteiger partial charge in [-0.05, 0) is 26.4 Å². The van der Waals surface area contributed by atoms with Crippen LogP contribution in [0.4, 0.5) is 8.78 Å². The number of ether oxygens (including phenoxy) is 1. The van der Waals surface area contributed by atoms with Crippen LogP contribution in [-0.2, 0) is 4.74 Å².